The first-order valence-corrected chi connectivity index (χ1v) is 12.8. The number of nitrogens with zero attached hydrogens (tertiary/aromatic N) is 5. The van der Waals surface area contributed by atoms with Gasteiger partial charge in [0, 0.05) is 49.5 Å². The molecule has 3 heterocycles. The molecule has 8 nitrogen and oxygen atoms in total. The molecular formula is C30H30N6O2. The van der Waals surface area contributed by atoms with E-state index in [2.05, 4.69) is 27.3 Å². The van der Waals surface area contributed by atoms with E-state index in [-0.39, 0.29) is 17.2 Å². The summed E-state index contributed by atoms with van der Waals surface area (Å²) in [4.78, 5) is 32.3. The van der Waals surface area contributed by atoms with Crippen LogP contribution in [-0.2, 0) is 7.05 Å². The molecule has 1 aliphatic heterocycles. The van der Waals surface area contributed by atoms with Gasteiger partial charge in [-0.2, -0.15) is 9.78 Å². The monoisotopic (exact) mass is 506 g/mol. The predicted molar refractivity (Wildman–Crippen MR) is 153 cm³/mol. The SMILES string of the molecule is Cc1ccc(-n2nc(C(=O)Nc3ccccc3N3CCN(C)CC3)c3c4ccccc4n(C)c3c2=O)cc1. The molecule has 5 aromatic rings. The van der Waals surface area contributed by atoms with Gasteiger partial charge < -0.3 is 19.7 Å². The molecule has 0 saturated carbocycles. The van der Waals surface area contributed by atoms with Gasteiger partial charge in [0.15, 0.2) is 5.69 Å². The van der Waals surface area contributed by atoms with E-state index in [1.54, 1.807) is 0 Å². The fourth-order valence-electron chi connectivity index (χ4n) is 5.28. The van der Waals surface area contributed by atoms with Crippen LogP contribution in [0.25, 0.3) is 27.5 Å². The van der Waals surface area contributed by atoms with Crippen molar-refractivity contribution < 1.29 is 4.79 Å². The summed E-state index contributed by atoms with van der Waals surface area (Å²) < 4.78 is 3.19. The lowest BCUT2D eigenvalue weighted by atomic mass is 10.1. The molecule has 3 aromatic carbocycles. The number of fused-ring (bicyclic) bond motifs is 3. The average Bonchev–Trinajstić information content (AvgIpc) is 3.23. The smallest absolute Gasteiger partial charge is 0.296 e. The van der Waals surface area contributed by atoms with E-state index in [4.69, 9.17) is 0 Å². The van der Waals surface area contributed by atoms with Crippen LogP contribution in [0, 0.1) is 6.92 Å². The molecule has 0 aliphatic carbocycles. The second-order valence-corrected chi connectivity index (χ2v) is 9.96. The Morgan fingerprint density at radius 3 is 2.32 bits per heavy atom. The van der Waals surface area contributed by atoms with Gasteiger partial charge in [-0.15, -0.1) is 0 Å². The summed E-state index contributed by atoms with van der Waals surface area (Å²) >= 11 is 0. The van der Waals surface area contributed by atoms with Crippen molar-refractivity contribution in [3.63, 3.8) is 0 Å². The van der Waals surface area contributed by atoms with Crippen LogP contribution in [0.2, 0.25) is 0 Å². The minimum Gasteiger partial charge on any atom is -0.367 e. The summed E-state index contributed by atoms with van der Waals surface area (Å²) in [6.07, 6.45) is 0. The molecule has 1 amide bonds. The molecule has 6 rings (SSSR count). The average molecular weight is 507 g/mol. The van der Waals surface area contributed by atoms with E-state index in [1.165, 1.54) is 4.68 Å². The zero-order valence-corrected chi connectivity index (χ0v) is 21.8. The first kappa shape index (κ1) is 23.9. The molecule has 38 heavy (non-hydrogen) atoms. The minimum absolute atomic E-state index is 0.213. The number of benzene rings is 3. The summed E-state index contributed by atoms with van der Waals surface area (Å²) in [7, 11) is 3.98. The van der Waals surface area contributed by atoms with Gasteiger partial charge in [-0.3, -0.25) is 9.59 Å². The number of likely N-dealkylation sites (N-methyl/N-ethyl adjacent to an activating group) is 1. The van der Waals surface area contributed by atoms with Crippen LogP contribution in [0.4, 0.5) is 11.4 Å². The Labute approximate surface area is 220 Å². The van der Waals surface area contributed by atoms with Crippen molar-refractivity contribution >= 4 is 39.1 Å². The van der Waals surface area contributed by atoms with Crippen LogP contribution in [0.3, 0.4) is 0 Å². The number of para-hydroxylation sites is 3. The van der Waals surface area contributed by atoms with Gasteiger partial charge in [-0.1, -0.05) is 48.0 Å². The molecule has 2 aromatic heterocycles. The van der Waals surface area contributed by atoms with Crippen molar-refractivity contribution in [1.82, 2.24) is 19.2 Å². The fraction of sp³-hybridized carbons (Fsp3) is 0.233. The number of piperazine rings is 1. The van der Waals surface area contributed by atoms with Crippen LogP contribution in [0.15, 0.2) is 77.6 Å². The van der Waals surface area contributed by atoms with Gasteiger partial charge in [-0.25, -0.2) is 0 Å². The Morgan fingerprint density at radius 2 is 1.55 bits per heavy atom. The number of rotatable bonds is 4. The molecule has 1 aliphatic rings. The number of carbonyl (C=O) groups is 1. The van der Waals surface area contributed by atoms with Gasteiger partial charge in [0.05, 0.1) is 17.1 Å². The molecule has 0 unspecified atom stereocenters. The first-order chi connectivity index (χ1) is 18.4. The van der Waals surface area contributed by atoms with E-state index in [9.17, 15) is 9.59 Å². The number of amides is 1. The maximum Gasteiger partial charge on any atom is 0.296 e. The molecule has 1 saturated heterocycles. The second-order valence-electron chi connectivity index (χ2n) is 9.96. The first-order valence-electron chi connectivity index (χ1n) is 12.8. The van der Waals surface area contributed by atoms with E-state index in [0.717, 1.165) is 54.0 Å². The summed E-state index contributed by atoms with van der Waals surface area (Å²) in [5.41, 5.74) is 4.65. The third kappa shape index (κ3) is 4.03. The molecule has 8 heteroatoms. The molecule has 1 fully saturated rings. The van der Waals surface area contributed by atoms with Crippen molar-refractivity contribution in [2.75, 3.05) is 43.4 Å². The van der Waals surface area contributed by atoms with E-state index in [0.29, 0.717) is 16.6 Å². The predicted octanol–water partition coefficient (Wildman–Crippen LogP) is 4.19. The lowest BCUT2D eigenvalue weighted by molar-refractivity contribution is 0.102. The van der Waals surface area contributed by atoms with Gasteiger partial charge >= 0.3 is 0 Å². The Bertz CT molecular complexity index is 1730. The van der Waals surface area contributed by atoms with Crippen molar-refractivity contribution in [3.8, 4) is 5.69 Å². The number of carbonyl (C=O) groups excluding carboxylic acids is 1. The van der Waals surface area contributed by atoms with E-state index < -0.39 is 0 Å². The number of anilines is 2. The summed E-state index contributed by atoms with van der Waals surface area (Å²) in [5, 5.41) is 9.18. The van der Waals surface area contributed by atoms with Crippen molar-refractivity contribution in [3.05, 3.63) is 94.4 Å². The minimum atomic E-state index is -0.353. The van der Waals surface area contributed by atoms with Gasteiger partial charge in [0.25, 0.3) is 11.5 Å². The highest BCUT2D eigenvalue weighted by molar-refractivity contribution is 6.19. The number of hydrogen-bond donors (Lipinski definition) is 1. The van der Waals surface area contributed by atoms with Crippen LogP contribution < -0.4 is 15.8 Å². The molecule has 1 N–H and O–H groups in total. The zero-order valence-electron chi connectivity index (χ0n) is 21.8. The van der Waals surface area contributed by atoms with Crippen molar-refractivity contribution in [2.24, 2.45) is 7.05 Å². The fourth-order valence-corrected chi connectivity index (χ4v) is 5.28. The maximum atomic E-state index is 14.0. The van der Waals surface area contributed by atoms with Crippen LogP contribution >= 0.6 is 0 Å². The Morgan fingerprint density at radius 1 is 0.868 bits per heavy atom. The van der Waals surface area contributed by atoms with Crippen molar-refractivity contribution in [1.29, 1.82) is 0 Å². The number of hydrogen-bond acceptors (Lipinski definition) is 5. The molecule has 192 valence electrons. The quantitative estimate of drug-likeness (QED) is 0.396. The third-order valence-electron chi connectivity index (χ3n) is 7.43. The Kier molecular flexibility index (Phi) is 5.96. The Balaban J connectivity index is 1.51. The summed E-state index contributed by atoms with van der Waals surface area (Å²) in [6, 6.07) is 23.2. The zero-order chi connectivity index (χ0) is 26.4. The second kappa shape index (κ2) is 9.46. The molecule has 0 atom stereocenters. The maximum absolute atomic E-state index is 14.0. The van der Waals surface area contributed by atoms with Crippen molar-refractivity contribution in [2.45, 2.75) is 6.92 Å². The van der Waals surface area contributed by atoms with E-state index in [1.807, 2.05) is 91.3 Å². The Hall–Kier alpha value is -4.43. The highest BCUT2D eigenvalue weighted by Crippen LogP contribution is 2.31. The molecule has 0 bridgehead atoms. The van der Waals surface area contributed by atoms with Gasteiger partial charge in [0.1, 0.15) is 5.52 Å². The highest BCUT2D eigenvalue weighted by Gasteiger charge is 2.25. The number of aromatic nitrogens is 3. The highest BCUT2D eigenvalue weighted by atomic mass is 16.2. The standard InChI is InChI=1S/C30H30N6O2/c1-20-12-14-21(15-13-20)36-30(38)28-26(22-8-4-6-10-24(22)34(28)3)27(32-36)29(37)31-23-9-5-7-11-25(23)35-18-16-33(2)17-19-35/h4-15H,16-19H2,1-3H3,(H,31,37). The van der Waals surface area contributed by atoms with Gasteiger partial charge in [-0.05, 0) is 44.3 Å². The lowest BCUT2D eigenvalue weighted by Crippen LogP contribution is -2.44. The van der Waals surface area contributed by atoms with Crippen LogP contribution in [-0.4, -0.2) is 58.4 Å². The third-order valence-corrected chi connectivity index (χ3v) is 7.43. The van der Waals surface area contributed by atoms with E-state index >= 15 is 0 Å². The molecule has 0 spiro atoms. The molecule has 0 radical (unpaired) electrons. The number of nitrogens with one attached hydrogen (secondary N) is 1. The van der Waals surface area contributed by atoms with Crippen LogP contribution in [0.5, 0.6) is 0 Å². The summed E-state index contributed by atoms with van der Waals surface area (Å²) in [6.45, 7) is 5.68. The topological polar surface area (TPSA) is 75.4 Å². The van der Waals surface area contributed by atoms with Crippen LogP contribution in [0.1, 0.15) is 16.1 Å². The number of aryl methyl sites for hydroxylation is 2. The molecular weight excluding hydrogens is 476 g/mol. The summed E-state index contributed by atoms with van der Waals surface area (Å²) in [5.74, 6) is -0.353. The normalized spacial score (nSPS) is 14.3. The largest absolute Gasteiger partial charge is 0.367 e. The lowest BCUT2D eigenvalue weighted by Gasteiger charge is -2.35. The van der Waals surface area contributed by atoms with Gasteiger partial charge in [0.2, 0.25) is 0 Å².